The molecular weight excluding hydrogens is 302 g/mol. The maximum absolute atomic E-state index is 11.3. The van der Waals surface area contributed by atoms with Crippen LogP contribution in [0.25, 0.3) is 0 Å². The smallest absolute Gasteiger partial charge is 0.314 e. The molecule has 0 aliphatic carbocycles. The highest BCUT2D eigenvalue weighted by molar-refractivity contribution is 8.14. The largest absolute Gasteiger partial charge is 0.348 e. The lowest BCUT2D eigenvalue weighted by molar-refractivity contribution is -0.384. The van der Waals surface area contributed by atoms with Crippen LogP contribution in [0.15, 0.2) is 17.3 Å². The first kappa shape index (κ1) is 15.1. The van der Waals surface area contributed by atoms with Gasteiger partial charge in [-0.25, -0.2) is 4.98 Å². The summed E-state index contributed by atoms with van der Waals surface area (Å²) in [5, 5.41) is 13.0. The van der Waals surface area contributed by atoms with E-state index >= 15 is 0 Å². The molecule has 3 rings (SSSR count). The molecule has 1 aromatic heterocycles. The summed E-state index contributed by atoms with van der Waals surface area (Å²) in [7, 11) is 0. The van der Waals surface area contributed by atoms with Crippen LogP contribution in [0.4, 0.5) is 11.5 Å². The lowest BCUT2D eigenvalue weighted by Crippen LogP contribution is -2.48. The summed E-state index contributed by atoms with van der Waals surface area (Å²) in [6.07, 6.45) is 1.64. The zero-order valence-electron chi connectivity index (χ0n) is 12.7. The second-order valence-corrected chi connectivity index (χ2v) is 6.99. The van der Waals surface area contributed by atoms with Crippen molar-refractivity contribution in [3.05, 3.63) is 27.9 Å². The van der Waals surface area contributed by atoms with Gasteiger partial charge in [0.1, 0.15) is 0 Å². The molecular formula is C14H19N5O2S. The molecule has 0 bridgehead atoms. The summed E-state index contributed by atoms with van der Waals surface area (Å²) < 4.78 is 0. The Labute approximate surface area is 133 Å². The number of nitro groups is 1. The maximum Gasteiger partial charge on any atom is 0.314 e. The van der Waals surface area contributed by atoms with Crippen LogP contribution in [0, 0.1) is 17.0 Å². The summed E-state index contributed by atoms with van der Waals surface area (Å²) in [5.41, 5.74) is 0.777. The molecule has 8 heteroatoms. The standard InChI is InChI=1S/C14H19N5O2S/c1-10-3-4-15-13(12(10)19(20)21)17-5-7-18(8-6-17)14-16-9-11(2)22-14/h3-4,11H,5-9H2,1-2H3. The number of hydrogen-bond donors (Lipinski definition) is 0. The Balaban J connectivity index is 1.72. The second-order valence-electron chi connectivity index (χ2n) is 5.58. The normalized spacial score (nSPS) is 21.9. The number of thioether (sulfide) groups is 1. The molecule has 1 saturated heterocycles. The number of anilines is 1. The number of hydrogen-bond acceptors (Lipinski definition) is 7. The van der Waals surface area contributed by atoms with Gasteiger partial charge in [-0.15, -0.1) is 0 Å². The van der Waals surface area contributed by atoms with Gasteiger partial charge in [0.15, 0.2) is 5.17 Å². The molecule has 3 heterocycles. The molecule has 2 aliphatic rings. The number of rotatable bonds is 2. The van der Waals surface area contributed by atoms with Gasteiger partial charge in [-0.2, -0.15) is 0 Å². The first-order valence-electron chi connectivity index (χ1n) is 7.37. The van der Waals surface area contributed by atoms with Crippen molar-refractivity contribution in [3.8, 4) is 0 Å². The van der Waals surface area contributed by atoms with E-state index < -0.39 is 0 Å². The number of nitrogens with zero attached hydrogens (tertiary/aromatic N) is 5. The third-order valence-corrected chi connectivity index (χ3v) is 5.08. The highest BCUT2D eigenvalue weighted by Crippen LogP contribution is 2.30. The molecule has 2 aliphatic heterocycles. The van der Waals surface area contributed by atoms with Gasteiger partial charge in [-0.1, -0.05) is 18.7 Å². The van der Waals surface area contributed by atoms with Crippen LogP contribution in [0.2, 0.25) is 0 Å². The number of aromatic nitrogens is 1. The van der Waals surface area contributed by atoms with Crippen molar-refractivity contribution >= 4 is 28.4 Å². The summed E-state index contributed by atoms with van der Waals surface area (Å²) in [6.45, 7) is 7.92. The van der Waals surface area contributed by atoms with Crippen LogP contribution in [-0.4, -0.2) is 57.9 Å². The lowest BCUT2D eigenvalue weighted by Gasteiger charge is -2.36. The Kier molecular flexibility index (Phi) is 4.19. The van der Waals surface area contributed by atoms with Gasteiger partial charge in [-0.05, 0) is 13.0 Å². The van der Waals surface area contributed by atoms with Crippen LogP contribution < -0.4 is 4.90 Å². The van der Waals surface area contributed by atoms with E-state index in [1.54, 1.807) is 19.2 Å². The third kappa shape index (κ3) is 2.87. The predicted molar refractivity (Wildman–Crippen MR) is 88.8 cm³/mol. The van der Waals surface area contributed by atoms with E-state index in [2.05, 4.69) is 21.8 Å². The SMILES string of the molecule is Cc1ccnc(N2CCN(C3=NCC(C)S3)CC2)c1[N+](=O)[O-]. The topological polar surface area (TPSA) is 74.9 Å². The molecule has 1 unspecified atom stereocenters. The van der Waals surface area contributed by atoms with Crippen LogP contribution in [-0.2, 0) is 0 Å². The van der Waals surface area contributed by atoms with Gasteiger partial charge in [-0.3, -0.25) is 15.1 Å². The Morgan fingerprint density at radius 2 is 2.00 bits per heavy atom. The molecule has 118 valence electrons. The van der Waals surface area contributed by atoms with Crippen LogP contribution in [0.5, 0.6) is 0 Å². The van der Waals surface area contributed by atoms with Crippen molar-refractivity contribution in [1.82, 2.24) is 9.88 Å². The average molecular weight is 321 g/mol. The van der Waals surface area contributed by atoms with Crippen molar-refractivity contribution in [3.63, 3.8) is 0 Å². The number of aryl methyl sites for hydroxylation is 1. The van der Waals surface area contributed by atoms with Crippen molar-refractivity contribution in [2.75, 3.05) is 37.6 Å². The fourth-order valence-corrected chi connectivity index (χ4v) is 3.73. The van der Waals surface area contributed by atoms with Gasteiger partial charge in [0.2, 0.25) is 5.82 Å². The van der Waals surface area contributed by atoms with E-state index in [0.717, 1.165) is 37.9 Å². The monoisotopic (exact) mass is 321 g/mol. The first-order chi connectivity index (χ1) is 10.6. The number of pyridine rings is 1. The first-order valence-corrected chi connectivity index (χ1v) is 8.25. The molecule has 7 nitrogen and oxygen atoms in total. The molecule has 22 heavy (non-hydrogen) atoms. The Morgan fingerprint density at radius 3 is 2.59 bits per heavy atom. The molecule has 1 fully saturated rings. The Bertz CT molecular complexity index is 613. The van der Waals surface area contributed by atoms with Crippen molar-refractivity contribution in [1.29, 1.82) is 0 Å². The molecule has 0 saturated carbocycles. The number of aliphatic imine (C=N–C) groups is 1. The summed E-state index contributed by atoms with van der Waals surface area (Å²) >= 11 is 1.81. The lowest BCUT2D eigenvalue weighted by atomic mass is 10.2. The van der Waals surface area contributed by atoms with Crippen molar-refractivity contribution < 1.29 is 4.92 Å². The third-order valence-electron chi connectivity index (χ3n) is 3.93. The van der Waals surface area contributed by atoms with Crippen molar-refractivity contribution in [2.45, 2.75) is 19.1 Å². The van der Waals surface area contributed by atoms with Crippen molar-refractivity contribution in [2.24, 2.45) is 4.99 Å². The fourth-order valence-electron chi connectivity index (χ4n) is 2.74. The minimum atomic E-state index is -0.331. The molecule has 1 atom stereocenters. The highest BCUT2D eigenvalue weighted by atomic mass is 32.2. The van der Waals surface area contributed by atoms with Gasteiger partial charge >= 0.3 is 5.69 Å². The minimum Gasteiger partial charge on any atom is -0.348 e. The number of amidine groups is 1. The summed E-state index contributed by atoms with van der Waals surface area (Å²) in [6, 6.07) is 1.68. The zero-order chi connectivity index (χ0) is 15.7. The van der Waals surface area contributed by atoms with E-state index in [0.29, 0.717) is 16.6 Å². The Hall–Kier alpha value is -1.83. The van der Waals surface area contributed by atoms with Gasteiger partial charge in [0.25, 0.3) is 0 Å². The quantitative estimate of drug-likeness (QED) is 0.612. The van der Waals surface area contributed by atoms with E-state index in [9.17, 15) is 10.1 Å². The predicted octanol–water partition coefficient (Wildman–Crippen LogP) is 1.91. The van der Waals surface area contributed by atoms with Crippen LogP contribution in [0.1, 0.15) is 12.5 Å². The second kappa shape index (κ2) is 6.12. The minimum absolute atomic E-state index is 0.122. The van der Waals surface area contributed by atoms with E-state index in [4.69, 9.17) is 0 Å². The molecule has 1 aromatic rings. The van der Waals surface area contributed by atoms with E-state index in [1.165, 1.54) is 0 Å². The average Bonchev–Trinajstić information content (AvgIpc) is 2.93. The van der Waals surface area contributed by atoms with Crippen LogP contribution in [0.3, 0.4) is 0 Å². The van der Waals surface area contributed by atoms with Gasteiger partial charge < -0.3 is 9.80 Å². The van der Waals surface area contributed by atoms with E-state index in [-0.39, 0.29) is 10.6 Å². The highest BCUT2D eigenvalue weighted by Gasteiger charge is 2.29. The fraction of sp³-hybridized carbons (Fsp3) is 0.571. The number of piperazine rings is 1. The van der Waals surface area contributed by atoms with Gasteiger partial charge in [0, 0.05) is 43.2 Å². The molecule has 0 aromatic carbocycles. The summed E-state index contributed by atoms with van der Waals surface area (Å²) in [5.74, 6) is 0.485. The molecule has 0 N–H and O–H groups in total. The van der Waals surface area contributed by atoms with Crippen LogP contribution >= 0.6 is 11.8 Å². The zero-order valence-corrected chi connectivity index (χ0v) is 13.5. The molecule has 0 radical (unpaired) electrons. The summed E-state index contributed by atoms with van der Waals surface area (Å²) in [4.78, 5) is 24.1. The Morgan fingerprint density at radius 1 is 1.32 bits per heavy atom. The molecule has 0 spiro atoms. The van der Waals surface area contributed by atoms with Gasteiger partial charge in [0.05, 0.1) is 11.5 Å². The van der Waals surface area contributed by atoms with E-state index in [1.807, 2.05) is 16.7 Å². The maximum atomic E-state index is 11.3. The molecule has 0 amide bonds.